The van der Waals surface area contributed by atoms with Crippen LogP contribution in [0.1, 0.15) is 24.5 Å². The fourth-order valence-electron chi connectivity index (χ4n) is 3.67. The van der Waals surface area contributed by atoms with E-state index in [4.69, 9.17) is 0 Å². The van der Waals surface area contributed by atoms with Crippen LogP contribution in [0.3, 0.4) is 0 Å². The number of hydrogen-bond acceptors (Lipinski definition) is 3. The fourth-order valence-corrected chi connectivity index (χ4v) is 3.67. The molecule has 0 atom stereocenters. The van der Waals surface area contributed by atoms with E-state index >= 15 is 0 Å². The first kappa shape index (κ1) is 27.7. The standard InChI is InChI=1S/C28H18F8N2O/c1-2-3-15-13-37-27(38-14-15)17-10-21(29)20(22(30)11-17)6-7-28(35,36)39-18-4-5-19(23(31)12-18)16-8-24(32)26(34)25(33)9-16/h4-14H,2-3H2,1H3. The Labute approximate surface area is 217 Å². The van der Waals surface area contributed by atoms with E-state index in [2.05, 4.69) is 14.7 Å². The van der Waals surface area contributed by atoms with Crippen molar-refractivity contribution >= 4 is 6.08 Å². The molecule has 4 rings (SSSR count). The number of aromatic nitrogens is 2. The van der Waals surface area contributed by atoms with Gasteiger partial charge in [-0.25, -0.2) is 36.3 Å². The molecular formula is C28H18F8N2O. The van der Waals surface area contributed by atoms with Gasteiger partial charge >= 0.3 is 6.11 Å². The van der Waals surface area contributed by atoms with Crippen LogP contribution in [0.25, 0.3) is 28.6 Å². The molecule has 0 spiro atoms. The molecule has 0 radical (unpaired) electrons. The van der Waals surface area contributed by atoms with E-state index in [1.54, 1.807) is 0 Å². The first-order valence-electron chi connectivity index (χ1n) is 11.5. The van der Waals surface area contributed by atoms with Crippen molar-refractivity contribution in [2.75, 3.05) is 0 Å². The molecule has 3 nitrogen and oxygen atoms in total. The van der Waals surface area contributed by atoms with Crippen LogP contribution in [0.2, 0.25) is 0 Å². The molecule has 11 heteroatoms. The van der Waals surface area contributed by atoms with Crippen molar-refractivity contribution in [1.29, 1.82) is 0 Å². The van der Waals surface area contributed by atoms with Gasteiger partial charge in [0.15, 0.2) is 23.3 Å². The zero-order valence-electron chi connectivity index (χ0n) is 20.1. The van der Waals surface area contributed by atoms with Crippen molar-refractivity contribution in [3.05, 3.63) is 107 Å². The molecule has 0 aliphatic heterocycles. The van der Waals surface area contributed by atoms with E-state index in [1.807, 2.05) is 6.92 Å². The van der Waals surface area contributed by atoms with Gasteiger partial charge in [0.2, 0.25) is 0 Å². The molecule has 0 N–H and O–H groups in total. The van der Waals surface area contributed by atoms with E-state index in [0.29, 0.717) is 24.3 Å². The van der Waals surface area contributed by atoms with Gasteiger partial charge in [0, 0.05) is 41.2 Å². The second-order valence-electron chi connectivity index (χ2n) is 8.41. The topological polar surface area (TPSA) is 35.0 Å². The Hall–Kier alpha value is -4.28. The number of alkyl halides is 2. The molecular weight excluding hydrogens is 532 g/mol. The van der Waals surface area contributed by atoms with E-state index in [0.717, 1.165) is 42.7 Å². The van der Waals surface area contributed by atoms with Gasteiger partial charge in [0.25, 0.3) is 0 Å². The van der Waals surface area contributed by atoms with Gasteiger partial charge in [-0.1, -0.05) is 13.3 Å². The molecule has 39 heavy (non-hydrogen) atoms. The Morgan fingerprint density at radius 2 is 1.36 bits per heavy atom. The lowest BCUT2D eigenvalue weighted by molar-refractivity contribution is -0.131. The Morgan fingerprint density at radius 3 is 1.92 bits per heavy atom. The highest BCUT2D eigenvalue weighted by molar-refractivity contribution is 5.65. The third kappa shape index (κ3) is 6.42. The van der Waals surface area contributed by atoms with Crippen LogP contribution in [-0.4, -0.2) is 16.1 Å². The van der Waals surface area contributed by atoms with Gasteiger partial charge in [-0.3, -0.25) is 0 Å². The van der Waals surface area contributed by atoms with Crippen molar-refractivity contribution in [2.45, 2.75) is 25.9 Å². The van der Waals surface area contributed by atoms with Gasteiger partial charge in [-0.05, 0) is 60.0 Å². The highest BCUT2D eigenvalue weighted by Crippen LogP contribution is 2.32. The zero-order chi connectivity index (χ0) is 28.3. The number of hydrogen-bond donors (Lipinski definition) is 0. The molecule has 1 aromatic heterocycles. The highest BCUT2D eigenvalue weighted by Gasteiger charge is 2.29. The maximum atomic E-state index is 14.6. The first-order chi connectivity index (χ1) is 18.5. The second-order valence-corrected chi connectivity index (χ2v) is 8.41. The number of nitrogens with zero attached hydrogens (tertiary/aromatic N) is 2. The molecule has 0 saturated heterocycles. The minimum atomic E-state index is -4.14. The smallest absolute Gasteiger partial charge is 0.419 e. The molecule has 0 saturated carbocycles. The molecule has 0 aliphatic carbocycles. The van der Waals surface area contributed by atoms with Crippen LogP contribution in [0.5, 0.6) is 5.75 Å². The van der Waals surface area contributed by atoms with Crippen molar-refractivity contribution in [2.24, 2.45) is 0 Å². The summed E-state index contributed by atoms with van der Waals surface area (Å²) in [6.07, 6.45) is 1.04. The van der Waals surface area contributed by atoms with Crippen LogP contribution in [0.15, 0.2) is 60.9 Å². The molecule has 3 aromatic carbocycles. The third-order valence-corrected chi connectivity index (χ3v) is 5.51. The normalized spacial score (nSPS) is 11.8. The largest absolute Gasteiger partial charge is 0.429 e. The SMILES string of the molecule is CCCc1cnc(-c2cc(F)c(C=CC(F)(F)Oc3ccc(-c4cc(F)c(F)c(F)c4)c(F)c3)c(F)c2)nc1. The number of aryl methyl sites for hydroxylation is 1. The van der Waals surface area contributed by atoms with E-state index in [9.17, 15) is 35.1 Å². The minimum Gasteiger partial charge on any atom is -0.429 e. The van der Waals surface area contributed by atoms with Gasteiger partial charge in [0.05, 0.1) is 0 Å². The van der Waals surface area contributed by atoms with Crippen molar-refractivity contribution in [3.8, 4) is 28.3 Å². The lowest BCUT2D eigenvalue weighted by Crippen LogP contribution is -2.21. The molecule has 0 unspecified atom stereocenters. The number of ether oxygens (including phenoxy) is 1. The summed E-state index contributed by atoms with van der Waals surface area (Å²) in [4.78, 5) is 8.14. The number of rotatable bonds is 8. The maximum absolute atomic E-state index is 14.6. The Bertz CT molecular complexity index is 1490. The summed E-state index contributed by atoms with van der Waals surface area (Å²) in [6, 6.07) is 5.15. The average Bonchev–Trinajstić information content (AvgIpc) is 2.87. The summed E-state index contributed by atoms with van der Waals surface area (Å²) >= 11 is 0. The van der Waals surface area contributed by atoms with Gasteiger partial charge in [-0.15, -0.1) is 0 Å². The third-order valence-electron chi connectivity index (χ3n) is 5.51. The molecule has 202 valence electrons. The maximum Gasteiger partial charge on any atom is 0.419 e. The minimum absolute atomic E-state index is 0.00434. The van der Waals surface area contributed by atoms with E-state index in [1.165, 1.54) is 12.4 Å². The number of benzene rings is 3. The van der Waals surface area contributed by atoms with Gasteiger partial charge < -0.3 is 4.74 Å². The van der Waals surface area contributed by atoms with Crippen LogP contribution < -0.4 is 4.74 Å². The van der Waals surface area contributed by atoms with E-state index < -0.39 is 57.9 Å². The lowest BCUT2D eigenvalue weighted by Gasteiger charge is -2.15. The summed E-state index contributed by atoms with van der Waals surface area (Å²) in [5.41, 5.74) is -0.723. The number of halogens is 8. The molecule has 4 aromatic rings. The Balaban J connectivity index is 1.52. The highest BCUT2D eigenvalue weighted by atomic mass is 19.3. The predicted octanol–water partition coefficient (Wildman–Crippen LogP) is 8.28. The zero-order valence-corrected chi connectivity index (χ0v) is 20.1. The van der Waals surface area contributed by atoms with Crippen LogP contribution in [-0.2, 0) is 6.42 Å². The monoisotopic (exact) mass is 550 g/mol. The van der Waals surface area contributed by atoms with Gasteiger partial charge in [-0.2, -0.15) is 8.78 Å². The summed E-state index contributed by atoms with van der Waals surface area (Å²) < 4.78 is 117. The first-order valence-corrected chi connectivity index (χ1v) is 11.5. The van der Waals surface area contributed by atoms with Crippen molar-refractivity contribution in [3.63, 3.8) is 0 Å². The van der Waals surface area contributed by atoms with Crippen LogP contribution >= 0.6 is 0 Å². The summed E-state index contributed by atoms with van der Waals surface area (Å²) in [5.74, 6) is -9.04. The molecule has 0 fully saturated rings. The predicted molar refractivity (Wildman–Crippen MR) is 128 cm³/mol. The fraction of sp³-hybridized carbons (Fsp3) is 0.143. The molecule has 0 bridgehead atoms. The van der Waals surface area contributed by atoms with Crippen molar-refractivity contribution < 1.29 is 39.9 Å². The lowest BCUT2D eigenvalue weighted by atomic mass is 10.0. The van der Waals surface area contributed by atoms with Crippen LogP contribution in [0.4, 0.5) is 35.1 Å². The molecule has 0 amide bonds. The average molecular weight is 550 g/mol. The summed E-state index contributed by atoms with van der Waals surface area (Å²) in [6.45, 7) is 1.97. The van der Waals surface area contributed by atoms with Crippen LogP contribution in [0, 0.1) is 34.9 Å². The van der Waals surface area contributed by atoms with Gasteiger partial charge in [0.1, 0.15) is 23.2 Å². The summed E-state index contributed by atoms with van der Waals surface area (Å²) in [5, 5.41) is 0. The Kier molecular flexibility index (Phi) is 7.98. The quantitative estimate of drug-likeness (QED) is 0.164. The molecule has 1 heterocycles. The second kappa shape index (κ2) is 11.2. The Morgan fingerprint density at radius 1 is 0.769 bits per heavy atom. The summed E-state index contributed by atoms with van der Waals surface area (Å²) in [7, 11) is 0. The van der Waals surface area contributed by atoms with E-state index in [-0.39, 0.29) is 23.0 Å². The molecule has 0 aliphatic rings. The van der Waals surface area contributed by atoms with Crippen molar-refractivity contribution in [1.82, 2.24) is 9.97 Å².